The zero-order chi connectivity index (χ0) is 19.1. The molecule has 27 heavy (non-hydrogen) atoms. The lowest BCUT2D eigenvalue weighted by Gasteiger charge is -2.09. The highest BCUT2D eigenvalue weighted by molar-refractivity contribution is 5.84. The van der Waals surface area contributed by atoms with Crippen LogP contribution in [0.2, 0.25) is 0 Å². The second-order valence-corrected chi connectivity index (χ2v) is 5.30. The van der Waals surface area contributed by atoms with E-state index in [4.69, 9.17) is 23.6 Å². The van der Waals surface area contributed by atoms with Gasteiger partial charge in [-0.1, -0.05) is 28.5 Å². The first-order chi connectivity index (χ1) is 13.3. The molecule has 0 aliphatic carbocycles. The van der Waals surface area contributed by atoms with Crippen LogP contribution in [0.5, 0.6) is 17.2 Å². The minimum Gasteiger partial charge on any atom is -0.496 e. The molecule has 8 heteroatoms. The van der Waals surface area contributed by atoms with Crippen molar-refractivity contribution in [3.8, 4) is 28.6 Å². The van der Waals surface area contributed by atoms with Crippen LogP contribution < -0.4 is 14.2 Å². The van der Waals surface area contributed by atoms with Crippen molar-refractivity contribution in [2.45, 2.75) is 6.61 Å². The number of benzene rings is 2. The Hall–Kier alpha value is -3.55. The summed E-state index contributed by atoms with van der Waals surface area (Å²) < 4.78 is 21.1. The summed E-state index contributed by atoms with van der Waals surface area (Å²) >= 11 is 0. The van der Waals surface area contributed by atoms with Gasteiger partial charge in [0.05, 0.1) is 33.1 Å². The van der Waals surface area contributed by atoms with E-state index < -0.39 is 0 Å². The van der Waals surface area contributed by atoms with E-state index in [1.165, 1.54) is 6.21 Å². The minimum absolute atomic E-state index is 0.0327. The maximum atomic E-state index is 5.33. The van der Waals surface area contributed by atoms with E-state index in [0.29, 0.717) is 29.0 Å². The monoisotopic (exact) mass is 369 g/mol. The lowest BCUT2D eigenvalue weighted by Crippen LogP contribution is -1.96. The van der Waals surface area contributed by atoms with Crippen molar-refractivity contribution in [2.24, 2.45) is 5.16 Å². The van der Waals surface area contributed by atoms with Gasteiger partial charge in [0.25, 0.3) is 5.89 Å². The predicted molar refractivity (Wildman–Crippen MR) is 98.2 cm³/mol. The van der Waals surface area contributed by atoms with Gasteiger partial charge in [-0.25, -0.2) is 0 Å². The number of hydrogen-bond acceptors (Lipinski definition) is 8. The van der Waals surface area contributed by atoms with Gasteiger partial charge in [0, 0.05) is 5.56 Å². The number of aromatic nitrogens is 2. The van der Waals surface area contributed by atoms with Crippen LogP contribution in [0.15, 0.2) is 52.1 Å². The largest absolute Gasteiger partial charge is 0.496 e. The third-order valence-corrected chi connectivity index (χ3v) is 3.70. The standard InChI is InChI=1S/C19H19N3O5/c1-23-15-9-5-4-8-14(15)19-21-17(27-22-19)12-26-20-11-13-7-6-10-16(24-2)18(13)25-3/h4-11H,12H2,1-3H3/b20-11-. The van der Waals surface area contributed by atoms with Gasteiger partial charge < -0.3 is 23.6 Å². The fourth-order valence-corrected chi connectivity index (χ4v) is 2.45. The molecule has 0 spiro atoms. The van der Waals surface area contributed by atoms with Crippen LogP contribution in [0.25, 0.3) is 11.4 Å². The van der Waals surface area contributed by atoms with Crippen molar-refractivity contribution in [3.05, 3.63) is 53.9 Å². The number of oxime groups is 1. The summed E-state index contributed by atoms with van der Waals surface area (Å²) in [6.07, 6.45) is 1.53. The van der Waals surface area contributed by atoms with Gasteiger partial charge in [0.1, 0.15) is 5.75 Å². The Bertz CT molecular complexity index is 923. The Kier molecular flexibility index (Phi) is 5.88. The Morgan fingerprint density at radius 1 is 0.963 bits per heavy atom. The number of nitrogens with zero attached hydrogens (tertiary/aromatic N) is 3. The van der Waals surface area contributed by atoms with Crippen LogP contribution >= 0.6 is 0 Å². The van der Waals surface area contributed by atoms with Crippen LogP contribution in [0.4, 0.5) is 0 Å². The van der Waals surface area contributed by atoms with Crippen LogP contribution in [0.3, 0.4) is 0 Å². The summed E-state index contributed by atoms with van der Waals surface area (Å²) in [6.45, 7) is 0.0327. The smallest absolute Gasteiger partial charge is 0.267 e. The fraction of sp³-hybridized carbons (Fsp3) is 0.211. The van der Waals surface area contributed by atoms with Crippen LogP contribution in [0.1, 0.15) is 11.5 Å². The molecule has 8 nitrogen and oxygen atoms in total. The molecule has 3 aromatic rings. The van der Waals surface area contributed by atoms with Crippen LogP contribution in [-0.4, -0.2) is 37.7 Å². The summed E-state index contributed by atoms with van der Waals surface area (Å²) in [7, 11) is 4.72. The number of hydrogen-bond donors (Lipinski definition) is 0. The molecule has 0 aliphatic rings. The van der Waals surface area contributed by atoms with Gasteiger partial charge in [-0.2, -0.15) is 4.98 Å². The Balaban J connectivity index is 1.65. The van der Waals surface area contributed by atoms with E-state index in [-0.39, 0.29) is 6.61 Å². The summed E-state index contributed by atoms with van der Waals surface area (Å²) in [5.74, 6) is 2.56. The van der Waals surface area contributed by atoms with Gasteiger partial charge in [-0.15, -0.1) is 0 Å². The van der Waals surface area contributed by atoms with Gasteiger partial charge in [-0.05, 0) is 24.3 Å². The van der Waals surface area contributed by atoms with Gasteiger partial charge in [0.2, 0.25) is 5.82 Å². The predicted octanol–water partition coefficient (Wildman–Crippen LogP) is 3.31. The molecule has 0 saturated carbocycles. The van der Waals surface area contributed by atoms with Gasteiger partial charge in [-0.3, -0.25) is 0 Å². The molecular formula is C19H19N3O5. The lowest BCUT2D eigenvalue weighted by molar-refractivity contribution is 0.107. The second kappa shape index (κ2) is 8.70. The maximum absolute atomic E-state index is 5.33. The molecule has 2 aromatic carbocycles. The van der Waals surface area contributed by atoms with Gasteiger partial charge >= 0.3 is 0 Å². The molecule has 0 N–H and O–H groups in total. The summed E-state index contributed by atoms with van der Waals surface area (Å²) in [4.78, 5) is 9.54. The number of para-hydroxylation sites is 2. The van der Waals surface area contributed by atoms with Crippen LogP contribution in [-0.2, 0) is 11.4 Å². The highest BCUT2D eigenvalue weighted by Gasteiger charge is 2.13. The molecule has 0 unspecified atom stereocenters. The first-order valence-electron chi connectivity index (χ1n) is 8.09. The SMILES string of the molecule is COc1ccccc1-c1noc(CO/N=C\c2cccc(OC)c2OC)n1. The Labute approximate surface area is 156 Å². The van der Waals surface area contributed by atoms with E-state index >= 15 is 0 Å². The van der Waals surface area contributed by atoms with E-state index in [9.17, 15) is 0 Å². The third-order valence-electron chi connectivity index (χ3n) is 3.70. The van der Waals surface area contributed by atoms with E-state index in [1.54, 1.807) is 27.4 Å². The molecule has 1 aromatic heterocycles. The van der Waals surface area contributed by atoms with Gasteiger partial charge in [0.15, 0.2) is 18.1 Å². The zero-order valence-corrected chi connectivity index (χ0v) is 15.2. The second-order valence-electron chi connectivity index (χ2n) is 5.30. The topological polar surface area (TPSA) is 88.2 Å². The molecule has 0 bridgehead atoms. The molecule has 1 heterocycles. The van der Waals surface area contributed by atoms with E-state index in [2.05, 4.69) is 15.3 Å². The number of rotatable bonds is 8. The molecule has 0 saturated heterocycles. The molecule has 0 atom stereocenters. The molecule has 0 aliphatic heterocycles. The third kappa shape index (κ3) is 4.17. The fourth-order valence-electron chi connectivity index (χ4n) is 2.45. The maximum Gasteiger partial charge on any atom is 0.267 e. The van der Waals surface area contributed by atoms with E-state index in [0.717, 1.165) is 11.1 Å². The molecular weight excluding hydrogens is 350 g/mol. The van der Waals surface area contributed by atoms with E-state index in [1.807, 2.05) is 36.4 Å². The number of ether oxygens (including phenoxy) is 3. The molecule has 0 amide bonds. The van der Waals surface area contributed by atoms with Crippen LogP contribution in [0, 0.1) is 0 Å². The number of methoxy groups -OCH3 is 3. The van der Waals surface area contributed by atoms with Crippen molar-refractivity contribution in [2.75, 3.05) is 21.3 Å². The highest BCUT2D eigenvalue weighted by atomic mass is 16.6. The average Bonchev–Trinajstić information content (AvgIpc) is 3.19. The first-order valence-corrected chi connectivity index (χ1v) is 8.09. The summed E-state index contributed by atoms with van der Waals surface area (Å²) in [6, 6.07) is 12.9. The Morgan fingerprint density at radius 3 is 2.52 bits per heavy atom. The van der Waals surface area contributed by atoms with Crippen molar-refractivity contribution >= 4 is 6.21 Å². The summed E-state index contributed by atoms with van der Waals surface area (Å²) in [5, 5.41) is 7.87. The van der Waals surface area contributed by atoms with Crippen molar-refractivity contribution in [3.63, 3.8) is 0 Å². The van der Waals surface area contributed by atoms with Crippen molar-refractivity contribution in [1.29, 1.82) is 0 Å². The molecule has 3 rings (SSSR count). The zero-order valence-electron chi connectivity index (χ0n) is 15.2. The normalized spacial score (nSPS) is 10.8. The lowest BCUT2D eigenvalue weighted by atomic mass is 10.2. The molecule has 0 radical (unpaired) electrons. The van der Waals surface area contributed by atoms with Crippen molar-refractivity contribution in [1.82, 2.24) is 10.1 Å². The molecule has 140 valence electrons. The van der Waals surface area contributed by atoms with Crippen molar-refractivity contribution < 1.29 is 23.6 Å². The highest BCUT2D eigenvalue weighted by Crippen LogP contribution is 2.29. The first kappa shape index (κ1) is 18.2. The Morgan fingerprint density at radius 2 is 1.74 bits per heavy atom. The summed E-state index contributed by atoms with van der Waals surface area (Å²) in [5.41, 5.74) is 1.46. The minimum atomic E-state index is 0.0327. The molecule has 0 fully saturated rings. The average molecular weight is 369 g/mol. The quantitative estimate of drug-likeness (QED) is 0.444.